The van der Waals surface area contributed by atoms with Crippen LogP contribution in [0.15, 0.2) is 0 Å². The molecular formula is C8H18N2O2. The van der Waals surface area contributed by atoms with Crippen LogP contribution in [0.1, 0.15) is 20.3 Å². The van der Waals surface area contributed by atoms with Crippen LogP contribution in [-0.4, -0.2) is 36.8 Å². The lowest BCUT2D eigenvalue weighted by Crippen LogP contribution is -2.41. The van der Waals surface area contributed by atoms with Crippen LogP contribution < -0.4 is 10.6 Å². The summed E-state index contributed by atoms with van der Waals surface area (Å²) >= 11 is 0. The van der Waals surface area contributed by atoms with E-state index in [1.807, 2.05) is 0 Å². The Labute approximate surface area is 73.3 Å². The summed E-state index contributed by atoms with van der Waals surface area (Å²) in [5.41, 5.74) is 0. The number of likely N-dealkylation sites (N-methyl/N-ethyl adjacent to an activating group) is 1. The third-order valence-electron chi connectivity index (χ3n) is 1.65. The summed E-state index contributed by atoms with van der Waals surface area (Å²) in [6.45, 7) is 4.18. The zero-order chi connectivity index (χ0) is 9.56. The summed E-state index contributed by atoms with van der Waals surface area (Å²) in [6.07, 6.45) is 0.357. The lowest BCUT2D eigenvalue weighted by molar-refractivity contribution is -0.122. The number of carbonyl (C=O) groups excluding carboxylic acids is 1. The van der Waals surface area contributed by atoms with Gasteiger partial charge in [-0.2, -0.15) is 0 Å². The topological polar surface area (TPSA) is 61.4 Å². The molecule has 0 bridgehead atoms. The number of carbonyl (C=O) groups is 1. The van der Waals surface area contributed by atoms with Gasteiger partial charge in [-0.3, -0.25) is 4.79 Å². The third kappa shape index (κ3) is 5.09. The molecule has 0 saturated heterocycles. The van der Waals surface area contributed by atoms with Crippen molar-refractivity contribution in [1.82, 2.24) is 10.6 Å². The SMILES string of the molecule is CNC(=O)C(C)NCCC(C)O. The quantitative estimate of drug-likeness (QED) is 0.525. The number of amides is 1. The van der Waals surface area contributed by atoms with Gasteiger partial charge < -0.3 is 15.7 Å². The van der Waals surface area contributed by atoms with Crippen molar-refractivity contribution in [3.05, 3.63) is 0 Å². The summed E-state index contributed by atoms with van der Waals surface area (Å²) < 4.78 is 0. The molecule has 0 rings (SSSR count). The maximum Gasteiger partial charge on any atom is 0.236 e. The van der Waals surface area contributed by atoms with E-state index in [0.29, 0.717) is 13.0 Å². The highest BCUT2D eigenvalue weighted by molar-refractivity contribution is 5.80. The number of hydrogen-bond acceptors (Lipinski definition) is 3. The van der Waals surface area contributed by atoms with Crippen LogP contribution in [-0.2, 0) is 4.79 Å². The van der Waals surface area contributed by atoms with Gasteiger partial charge in [0.05, 0.1) is 12.1 Å². The van der Waals surface area contributed by atoms with Crippen LogP contribution in [0.25, 0.3) is 0 Å². The van der Waals surface area contributed by atoms with Gasteiger partial charge in [0.1, 0.15) is 0 Å². The first kappa shape index (κ1) is 11.4. The van der Waals surface area contributed by atoms with Gasteiger partial charge in [0.25, 0.3) is 0 Å². The molecule has 0 aliphatic rings. The van der Waals surface area contributed by atoms with Crippen molar-refractivity contribution in [3.63, 3.8) is 0 Å². The van der Waals surface area contributed by atoms with Crippen LogP contribution in [0.2, 0.25) is 0 Å². The number of aliphatic hydroxyl groups excluding tert-OH is 1. The molecule has 0 spiro atoms. The number of hydrogen-bond donors (Lipinski definition) is 3. The van der Waals surface area contributed by atoms with Gasteiger partial charge in [-0.15, -0.1) is 0 Å². The minimum atomic E-state index is -0.311. The second-order valence-corrected chi connectivity index (χ2v) is 2.93. The Bertz CT molecular complexity index is 137. The Kier molecular flexibility index (Phi) is 5.66. The van der Waals surface area contributed by atoms with Crippen molar-refractivity contribution < 1.29 is 9.90 Å². The fraction of sp³-hybridized carbons (Fsp3) is 0.875. The molecule has 0 aromatic carbocycles. The van der Waals surface area contributed by atoms with E-state index in [0.717, 1.165) is 0 Å². The van der Waals surface area contributed by atoms with Crippen molar-refractivity contribution in [2.24, 2.45) is 0 Å². The van der Waals surface area contributed by atoms with Crippen LogP contribution in [0.3, 0.4) is 0 Å². The van der Waals surface area contributed by atoms with Crippen molar-refractivity contribution in [3.8, 4) is 0 Å². The molecule has 0 fully saturated rings. The number of aliphatic hydroxyl groups is 1. The lowest BCUT2D eigenvalue weighted by atomic mass is 10.2. The van der Waals surface area contributed by atoms with Gasteiger partial charge in [-0.25, -0.2) is 0 Å². The summed E-state index contributed by atoms with van der Waals surface area (Å²) in [5.74, 6) is -0.0272. The minimum Gasteiger partial charge on any atom is -0.393 e. The first-order chi connectivity index (χ1) is 5.57. The van der Waals surface area contributed by atoms with Gasteiger partial charge >= 0.3 is 0 Å². The molecule has 0 aliphatic carbocycles. The fourth-order valence-electron chi connectivity index (χ4n) is 0.818. The van der Waals surface area contributed by atoms with Gasteiger partial charge in [0.15, 0.2) is 0 Å². The van der Waals surface area contributed by atoms with Crippen LogP contribution in [0.5, 0.6) is 0 Å². The Morgan fingerprint density at radius 1 is 1.50 bits per heavy atom. The van der Waals surface area contributed by atoms with Gasteiger partial charge in [0, 0.05) is 7.05 Å². The average molecular weight is 174 g/mol. The Balaban J connectivity index is 3.43. The summed E-state index contributed by atoms with van der Waals surface area (Å²) in [4.78, 5) is 11.0. The van der Waals surface area contributed by atoms with Crippen molar-refractivity contribution in [1.29, 1.82) is 0 Å². The molecule has 0 aromatic heterocycles. The van der Waals surface area contributed by atoms with E-state index in [2.05, 4.69) is 10.6 Å². The summed E-state index contributed by atoms with van der Waals surface area (Å²) in [5, 5.41) is 14.5. The molecule has 4 nitrogen and oxygen atoms in total. The molecule has 0 heterocycles. The number of rotatable bonds is 5. The molecule has 3 N–H and O–H groups in total. The predicted molar refractivity (Wildman–Crippen MR) is 47.8 cm³/mol. The second-order valence-electron chi connectivity index (χ2n) is 2.93. The van der Waals surface area contributed by atoms with E-state index < -0.39 is 0 Å². The molecule has 2 unspecified atom stereocenters. The first-order valence-corrected chi connectivity index (χ1v) is 4.21. The van der Waals surface area contributed by atoms with E-state index in [4.69, 9.17) is 5.11 Å². The van der Waals surface area contributed by atoms with Crippen molar-refractivity contribution in [2.45, 2.75) is 32.4 Å². The maximum atomic E-state index is 11.0. The summed E-state index contributed by atoms with van der Waals surface area (Å²) in [7, 11) is 1.61. The highest BCUT2D eigenvalue weighted by atomic mass is 16.3. The van der Waals surface area contributed by atoms with E-state index in [1.165, 1.54) is 0 Å². The Morgan fingerprint density at radius 3 is 2.50 bits per heavy atom. The zero-order valence-corrected chi connectivity index (χ0v) is 7.92. The molecule has 12 heavy (non-hydrogen) atoms. The van der Waals surface area contributed by atoms with Gasteiger partial charge in [0.2, 0.25) is 5.91 Å². The largest absolute Gasteiger partial charge is 0.393 e. The van der Waals surface area contributed by atoms with Crippen LogP contribution >= 0.6 is 0 Å². The Morgan fingerprint density at radius 2 is 2.08 bits per heavy atom. The molecule has 0 radical (unpaired) electrons. The molecule has 0 saturated carbocycles. The molecule has 2 atom stereocenters. The molecular weight excluding hydrogens is 156 g/mol. The average Bonchev–Trinajstić information content (AvgIpc) is 2.02. The fourth-order valence-corrected chi connectivity index (χ4v) is 0.818. The molecule has 4 heteroatoms. The van der Waals surface area contributed by atoms with Crippen molar-refractivity contribution >= 4 is 5.91 Å². The molecule has 1 amide bonds. The van der Waals surface area contributed by atoms with Crippen molar-refractivity contribution in [2.75, 3.05) is 13.6 Å². The highest BCUT2D eigenvalue weighted by Crippen LogP contribution is 1.88. The smallest absolute Gasteiger partial charge is 0.236 e. The molecule has 72 valence electrons. The first-order valence-electron chi connectivity index (χ1n) is 4.21. The predicted octanol–water partition coefficient (Wildman–Crippen LogP) is -0.519. The normalized spacial score (nSPS) is 15.3. The van der Waals surface area contributed by atoms with E-state index in [-0.39, 0.29) is 18.1 Å². The van der Waals surface area contributed by atoms with Crippen LogP contribution in [0, 0.1) is 0 Å². The monoisotopic (exact) mass is 174 g/mol. The maximum absolute atomic E-state index is 11.0. The standard InChI is InChI=1S/C8H18N2O2/c1-6(11)4-5-10-7(2)8(12)9-3/h6-7,10-11H,4-5H2,1-3H3,(H,9,12). The summed E-state index contributed by atoms with van der Waals surface area (Å²) in [6, 6.07) is -0.186. The van der Waals surface area contributed by atoms with E-state index in [9.17, 15) is 4.79 Å². The van der Waals surface area contributed by atoms with Gasteiger partial charge in [-0.1, -0.05) is 0 Å². The van der Waals surface area contributed by atoms with E-state index in [1.54, 1.807) is 20.9 Å². The van der Waals surface area contributed by atoms with Gasteiger partial charge in [-0.05, 0) is 26.8 Å². The van der Waals surface area contributed by atoms with E-state index >= 15 is 0 Å². The third-order valence-corrected chi connectivity index (χ3v) is 1.65. The molecule has 0 aromatic rings. The molecule has 0 aliphatic heterocycles. The minimum absolute atomic E-state index is 0.0272. The zero-order valence-electron chi connectivity index (χ0n) is 7.92. The van der Waals surface area contributed by atoms with Crippen LogP contribution in [0.4, 0.5) is 0 Å². The lowest BCUT2D eigenvalue weighted by Gasteiger charge is -2.12. The Hall–Kier alpha value is -0.610. The second kappa shape index (κ2) is 5.97. The number of nitrogens with one attached hydrogen (secondary N) is 2. The highest BCUT2D eigenvalue weighted by Gasteiger charge is 2.08.